The minimum absolute atomic E-state index is 0. The van der Waals surface area contributed by atoms with E-state index < -0.39 is 0 Å². The van der Waals surface area contributed by atoms with Gasteiger partial charge in [0.05, 0.1) is 0 Å². The van der Waals surface area contributed by atoms with E-state index in [-0.39, 0.29) is 151 Å². The van der Waals surface area contributed by atoms with Gasteiger partial charge in [-0.1, -0.05) is 0 Å². The summed E-state index contributed by atoms with van der Waals surface area (Å²) >= 11 is 0. The van der Waals surface area contributed by atoms with Gasteiger partial charge in [-0.25, -0.2) is 0 Å². The van der Waals surface area contributed by atoms with Crippen LogP contribution in [0.15, 0.2) is 0 Å². The van der Waals surface area contributed by atoms with Gasteiger partial charge < -0.3 is 14.1 Å². The molecule has 0 amide bonds. The topological polar surface area (TPSA) is 0 Å². The van der Waals surface area contributed by atoms with Gasteiger partial charge in [0.15, 0.2) is 0 Å². The number of rotatable bonds is 0. The van der Waals surface area contributed by atoms with Crippen LogP contribution >= 0.6 is 0 Å². The van der Waals surface area contributed by atoms with Gasteiger partial charge in [0.25, 0.3) is 0 Å². The Labute approximate surface area is 147 Å². The quantitative estimate of drug-likeness (QED) is 0.385. The van der Waals surface area contributed by atoms with Crippen molar-refractivity contribution in [2.75, 3.05) is 0 Å². The van der Waals surface area contributed by atoms with Gasteiger partial charge in [-0.05, 0) is 0 Å². The van der Waals surface area contributed by atoms with Crippen LogP contribution in [0.3, 0.4) is 0 Å². The number of halogens is 3. The van der Waals surface area contributed by atoms with Crippen molar-refractivity contribution < 1.29 is 31.5 Å². The summed E-state index contributed by atoms with van der Waals surface area (Å²) in [6.07, 6.45) is 0. The first-order valence-electron chi connectivity index (χ1n) is 0. The molecule has 0 bridgehead atoms. The Bertz CT molecular complexity index is 19.2. The Hall–Kier alpha value is 4.19. The van der Waals surface area contributed by atoms with E-state index in [0.29, 0.717) is 0 Å². The van der Waals surface area contributed by atoms with Crippen molar-refractivity contribution in [3.05, 3.63) is 0 Å². The second-order valence-corrected chi connectivity index (χ2v) is 0. The third-order valence-corrected chi connectivity index (χ3v) is 0. The molecular formula is H5AlCaCrF3LiSr. The van der Waals surface area contributed by atoms with E-state index in [1.54, 1.807) is 0 Å². The normalized spacial score (nSPS) is 0. The fourth-order valence-corrected chi connectivity index (χ4v) is 0. The van der Waals surface area contributed by atoms with Crippen LogP contribution in [0.4, 0.5) is 0 Å². The summed E-state index contributed by atoms with van der Waals surface area (Å²) in [4.78, 5) is 0. The molecule has 0 fully saturated rings. The van der Waals surface area contributed by atoms with Crippen LogP contribution in [0.5, 0.6) is 0 Å². The Morgan fingerprint density at radius 3 is 0.750 bits per heavy atom. The third kappa shape index (κ3) is 49.0. The molecule has 0 N–H and O–H groups in total. The van der Waals surface area contributed by atoms with E-state index in [1.807, 2.05) is 0 Å². The summed E-state index contributed by atoms with van der Waals surface area (Å²) in [7, 11) is 0. The van der Waals surface area contributed by atoms with Gasteiger partial charge in [0.2, 0.25) is 0 Å². The standard InChI is InChI=1S/Al.Ca.Cr.3FH.Li.Sr.5H/h;;;3*1H;;;;;;;/q+3;;;;;;;;;;;;/p-3. The zero-order valence-electron chi connectivity index (χ0n) is 2.12. The first-order chi connectivity index (χ1) is 0. The predicted molar refractivity (Wildman–Crippen MR) is 30.0 cm³/mol. The monoisotopic (exact) mass is 276 g/mol. The summed E-state index contributed by atoms with van der Waals surface area (Å²) in [6, 6.07) is 0. The molecule has 0 aromatic rings. The molecule has 40 valence electrons. The molecule has 8 heteroatoms. The van der Waals surface area contributed by atoms with Crippen molar-refractivity contribution in [1.82, 2.24) is 0 Å². The van der Waals surface area contributed by atoms with Crippen LogP contribution in [0, 0.1) is 0 Å². The molecule has 0 rings (SSSR count). The van der Waals surface area contributed by atoms with Gasteiger partial charge in [0, 0.05) is 17.4 Å². The van der Waals surface area contributed by atoms with E-state index in [2.05, 4.69) is 0 Å². The van der Waals surface area contributed by atoms with E-state index in [1.165, 1.54) is 0 Å². The molecule has 0 saturated heterocycles. The molecule has 0 aliphatic rings. The van der Waals surface area contributed by atoms with Crippen LogP contribution in [0.2, 0.25) is 0 Å². The second-order valence-electron chi connectivity index (χ2n) is 0. The number of hydrogen-bond acceptors (Lipinski definition) is 0. The van der Waals surface area contributed by atoms with Crippen LogP contribution < -0.4 is 14.1 Å². The van der Waals surface area contributed by atoms with Crippen LogP contribution in [-0.2, 0) is 17.4 Å². The molecule has 0 unspecified atom stereocenters. The molecule has 0 aliphatic carbocycles. The van der Waals surface area contributed by atoms with E-state index in [4.69, 9.17) is 0 Å². The molecule has 0 nitrogen and oxygen atoms in total. The molecule has 8 heavy (non-hydrogen) atoms. The molecule has 0 aliphatic heterocycles. The van der Waals surface area contributed by atoms with Crippen molar-refractivity contribution in [1.29, 1.82) is 0 Å². The summed E-state index contributed by atoms with van der Waals surface area (Å²) in [5.41, 5.74) is 0. The fourth-order valence-electron chi connectivity index (χ4n) is 0. The third-order valence-electron chi connectivity index (χ3n) is 0. The Kier molecular flexibility index (Phi) is 719. The van der Waals surface area contributed by atoms with Gasteiger partial charge in [-0.15, -0.1) is 0 Å². The Morgan fingerprint density at radius 2 is 0.750 bits per heavy atom. The minimum atomic E-state index is 0. The Balaban J connectivity index is 0. The predicted octanol–water partition coefficient (Wildman–Crippen LogP) is -11.9. The summed E-state index contributed by atoms with van der Waals surface area (Å²) < 4.78 is 0. The average Bonchev–Trinajstić information content (AvgIpc) is 0. The van der Waals surface area contributed by atoms with E-state index in [0.717, 1.165) is 0 Å². The summed E-state index contributed by atoms with van der Waals surface area (Å²) in [5, 5.41) is 0. The summed E-state index contributed by atoms with van der Waals surface area (Å²) in [6.45, 7) is 0. The van der Waals surface area contributed by atoms with E-state index >= 15 is 0 Å². The van der Waals surface area contributed by atoms with Crippen molar-refractivity contribution in [2.45, 2.75) is 0 Å². The van der Waals surface area contributed by atoms with Crippen LogP contribution in [0.25, 0.3) is 0 Å². The molecule has 0 spiro atoms. The van der Waals surface area contributed by atoms with Crippen molar-refractivity contribution >= 4 is 119 Å². The van der Waals surface area contributed by atoms with Gasteiger partial charge in [-0.3, -0.25) is 0 Å². The van der Waals surface area contributed by atoms with Crippen LogP contribution in [-0.4, -0.2) is 119 Å². The molecule has 0 saturated carbocycles. The second kappa shape index (κ2) is 66.2. The van der Waals surface area contributed by atoms with E-state index in [9.17, 15) is 0 Å². The molecule has 0 aromatic heterocycles. The van der Waals surface area contributed by atoms with Gasteiger partial charge in [0.1, 0.15) is 0 Å². The maximum absolute atomic E-state index is 0. The maximum atomic E-state index is 0. The average molecular weight is 276 g/mol. The van der Waals surface area contributed by atoms with Crippen molar-refractivity contribution in [2.24, 2.45) is 0 Å². The molecule has 0 radical (unpaired) electrons. The fraction of sp³-hybridized carbons (Fsp3) is 0. The molecule has 0 heterocycles. The first kappa shape index (κ1) is 86.9. The van der Waals surface area contributed by atoms with Crippen molar-refractivity contribution in [3.63, 3.8) is 0 Å². The first-order valence-corrected chi connectivity index (χ1v) is 0. The van der Waals surface area contributed by atoms with Crippen LogP contribution in [0.1, 0.15) is 0 Å². The molecule has 0 aromatic carbocycles. The summed E-state index contributed by atoms with van der Waals surface area (Å²) in [5.74, 6) is 0. The molecular weight excluding hydrogens is 271 g/mol. The van der Waals surface area contributed by atoms with Gasteiger partial charge >= 0.3 is 119 Å². The zero-order valence-corrected chi connectivity index (χ0v) is 4.55. The SMILES string of the molecule is [Al+3].[CaH2].[Cr].[F-].[F-].[F-].[LiH].[SrH2]. The van der Waals surface area contributed by atoms with Crippen molar-refractivity contribution in [3.8, 4) is 0 Å². The number of hydrogen-bond donors (Lipinski definition) is 0. The Morgan fingerprint density at radius 1 is 0.750 bits per heavy atom. The molecule has 0 atom stereocenters. The van der Waals surface area contributed by atoms with Gasteiger partial charge in [-0.2, -0.15) is 0 Å². The zero-order chi connectivity index (χ0) is 0.